The summed E-state index contributed by atoms with van der Waals surface area (Å²) in [6, 6.07) is 11.0. The van der Waals surface area contributed by atoms with Crippen LogP contribution < -0.4 is 10.6 Å². The van der Waals surface area contributed by atoms with Crippen molar-refractivity contribution in [2.45, 2.75) is 64.8 Å². The quantitative estimate of drug-likeness (QED) is 0.669. The van der Waals surface area contributed by atoms with E-state index in [1.54, 1.807) is 6.33 Å². The second kappa shape index (κ2) is 8.54. The van der Waals surface area contributed by atoms with Crippen molar-refractivity contribution in [1.82, 2.24) is 15.0 Å². The average molecular weight is 394 g/mol. The summed E-state index contributed by atoms with van der Waals surface area (Å²) in [6.45, 7) is 12.6. The Bertz CT molecular complexity index is 912. The summed E-state index contributed by atoms with van der Waals surface area (Å²) in [6.07, 6.45) is 6.40. The van der Waals surface area contributed by atoms with Gasteiger partial charge in [0.05, 0.1) is 5.39 Å². The van der Waals surface area contributed by atoms with Gasteiger partial charge in [-0.25, -0.2) is 9.97 Å². The van der Waals surface area contributed by atoms with E-state index in [0.717, 1.165) is 49.2 Å². The highest BCUT2D eigenvalue weighted by atomic mass is 15.2. The molecule has 3 aromatic rings. The number of aromatic nitrogens is 3. The molecule has 29 heavy (non-hydrogen) atoms. The van der Waals surface area contributed by atoms with E-state index in [9.17, 15) is 0 Å². The predicted octanol–water partition coefficient (Wildman–Crippen LogP) is 4.82. The van der Waals surface area contributed by atoms with Gasteiger partial charge in [0, 0.05) is 24.8 Å². The van der Waals surface area contributed by atoms with Gasteiger partial charge in [0.1, 0.15) is 17.8 Å². The van der Waals surface area contributed by atoms with E-state index in [0.29, 0.717) is 0 Å². The highest BCUT2D eigenvalue weighted by Gasteiger charge is 2.32. The molecule has 156 valence electrons. The number of benzene rings is 1. The fraction of sp³-hybridized carbons (Fsp3) is 0.500. The Labute approximate surface area is 174 Å². The zero-order chi connectivity index (χ0) is 21.1. The van der Waals surface area contributed by atoms with E-state index in [4.69, 9.17) is 5.73 Å². The number of nitrogens with zero attached hydrogens (tertiary/aromatic N) is 3. The topological polar surface area (TPSA) is 70.8 Å². The van der Waals surface area contributed by atoms with Crippen LogP contribution in [0.1, 0.15) is 58.6 Å². The standard InChI is InChI=1S/C22H29N5.C2H6/c1-21(2,3)17-6-4-16(5-7-17)14-22(23)9-12-27(13-10-22)20-18-8-11-24-19(18)25-15-26-20;1-2/h4-8,11,15H,9-10,12-14,23H2,1-3H3,(H,24,25,26);1-2H3. The van der Waals surface area contributed by atoms with Gasteiger partial charge in [-0.2, -0.15) is 0 Å². The summed E-state index contributed by atoms with van der Waals surface area (Å²) in [4.78, 5) is 14.3. The second-order valence-corrected chi connectivity index (χ2v) is 8.91. The first-order valence-corrected chi connectivity index (χ1v) is 10.8. The van der Waals surface area contributed by atoms with Crippen LogP contribution in [-0.2, 0) is 11.8 Å². The van der Waals surface area contributed by atoms with Crippen molar-refractivity contribution in [2.24, 2.45) is 5.73 Å². The molecule has 0 radical (unpaired) electrons. The van der Waals surface area contributed by atoms with E-state index >= 15 is 0 Å². The number of H-pyrrole nitrogens is 1. The molecule has 0 bridgehead atoms. The number of piperidine rings is 1. The Balaban J connectivity index is 0.00000117. The number of hydrogen-bond donors (Lipinski definition) is 2. The fourth-order valence-corrected chi connectivity index (χ4v) is 3.98. The normalized spacial score (nSPS) is 16.4. The molecule has 3 heterocycles. The van der Waals surface area contributed by atoms with E-state index in [1.165, 1.54) is 11.1 Å². The van der Waals surface area contributed by atoms with Crippen LogP contribution in [0.15, 0.2) is 42.9 Å². The lowest BCUT2D eigenvalue weighted by molar-refractivity contribution is 0.330. The van der Waals surface area contributed by atoms with Gasteiger partial charge in [-0.3, -0.25) is 0 Å². The highest BCUT2D eigenvalue weighted by molar-refractivity contribution is 5.87. The molecule has 3 N–H and O–H groups in total. The molecule has 1 aliphatic heterocycles. The number of rotatable bonds is 3. The van der Waals surface area contributed by atoms with Gasteiger partial charge < -0.3 is 15.6 Å². The first-order valence-electron chi connectivity index (χ1n) is 10.8. The number of fused-ring (bicyclic) bond motifs is 1. The summed E-state index contributed by atoms with van der Waals surface area (Å²) in [5, 5.41) is 1.08. The summed E-state index contributed by atoms with van der Waals surface area (Å²) in [5.41, 5.74) is 10.4. The second-order valence-electron chi connectivity index (χ2n) is 8.91. The van der Waals surface area contributed by atoms with Crippen molar-refractivity contribution < 1.29 is 0 Å². The average Bonchev–Trinajstić information content (AvgIpc) is 3.19. The van der Waals surface area contributed by atoms with Crippen LogP contribution >= 0.6 is 0 Å². The van der Waals surface area contributed by atoms with Gasteiger partial charge >= 0.3 is 0 Å². The fourth-order valence-electron chi connectivity index (χ4n) is 3.98. The predicted molar refractivity (Wildman–Crippen MR) is 122 cm³/mol. The van der Waals surface area contributed by atoms with Crippen molar-refractivity contribution in [1.29, 1.82) is 0 Å². The van der Waals surface area contributed by atoms with Crippen LogP contribution in [0.4, 0.5) is 5.82 Å². The third-order valence-electron chi connectivity index (χ3n) is 5.77. The monoisotopic (exact) mass is 393 g/mol. The number of nitrogens with one attached hydrogen (secondary N) is 1. The molecular formula is C24H35N5. The van der Waals surface area contributed by atoms with Crippen molar-refractivity contribution in [2.75, 3.05) is 18.0 Å². The van der Waals surface area contributed by atoms with E-state index in [2.05, 4.69) is 64.9 Å². The minimum atomic E-state index is -0.149. The molecule has 4 rings (SSSR count). The Morgan fingerprint density at radius 1 is 1.03 bits per heavy atom. The van der Waals surface area contributed by atoms with Gasteiger partial charge in [0.15, 0.2) is 0 Å². The smallest absolute Gasteiger partial charge is 0.142 e. The van der Waals surface area contributed by atoms with Crippen LogP contribution in [0.25, 0.3) is 11.0 Å². The number of aromatic amines is 1. The Morgan fingerprint density at radius 3 is 2.31 bits per heavy atom. The lowest BCUT2D eigenvalue weighted by Gasteiger charge is -2.40. The molecule has 5 heteroatoms. The van der Waals surface area contributed by atoms with Gasteiger partial charge in [0.25, 0.3) is 0 Å². The first kappa shape index (κ1) is 21.3. The van der Waals surface area contributed by atoms with Crippen LogP contribution in [0.3, 0.4) is 0 Å². The maximum Gasteiger partial charge on any atom is 0.142 e. The minimum Gasteiger partial charge on any atom is -0.356 e. The Morgan fingerprint density at radius 2 is 1.69 bits per heavy atom. The molecule has 0 aliphatic carbocycles. The zero-order valence-corrected chi connectivity index (χ0v) is 18.5. The summed E-state index contributed by atoms with van der Waals surface area (Å²) in [7, 11) is 0. The van der Waals surface area contributed by atoms with Crippen molar-refractivity contribution in [3.05, 3.63) is 54.0 Å². The maximum absolute atomic E-state index is 6.78. The van der Waals surface area contributed by atoms with Gasteiger partial charge in [-0.1, -0.05) is 58.9 Å². The maximum atomic E-state index is 6.78. The van der Waals surface area contributed by atoms with Crippen molar-refractivity contribution in [3.63, 3.8) is 0 Å². The summed E-state index contributed by atoms with van der Waals surface area (Å²) in [5.74, 6) is 1.01. The SMILES string of the molecule is CC.CC(C)(C)c1ccc(CC2(N)CCN(c3ncnc4[nH]ccc34)CC2)cc1. The third-order valence-corrected chi connectivity index (χ3v) is 5.77. The number of hydrogen-bond acceptors (Lipinski definition) is 4. The van der Waals surface area contributed by atoms with E-state index < -0.39 is 0 Å². The molecule has 1 aromatic carbocycles. The molecule has 1 fully saturated rings. The molecule has 0 unspecified atom stereocenters. The molecule has 0 saturated carbocycles. The molecular weight excluding hydrogens is 358 g/mol. The van der Waals surface area contributed by atoms with Crippen LogP contribution in [0.2, 0.25) is 0 Å². The van der Waals surface area contributed by atoms with Gasteiger partial charge in [0.2, 0.25) is 0 Å². The minimum absolute atomic E-state index is 0.149. The van der Waals surface area contributed by atoms with Gasteiger partial charge in [-0.15, -0.1) is 0 Å². The van der Waals surface area contributed by atoms with E-state index in [-0.39, 0.29) is 11.0 Å². The van der Waals surface area contributed by atoms with Crippen molar-refractivity contribution >= 4 is 16.9 Å². The molecule has 0 amide bonds. The van der Waals surface area contributed by atoms with Crippen LogP contribution in [0, 0.1) is 0 Å². The number of nitrogens with two attached hydrogens (primary N) is 1. The lowest BCUT2D eigenvalue weighted by Crippen LogP contribution is -2.52. The first-order chi connectivity index (χ1) is 13.8. The molecule has 1 saturated heterocycles. The van der Waals surface area contributed by atoms with Crippen molar-refractivity contribution in [3.8, 4) is 0 Å². The zero-order valence-electron chi connectivity index (χ0n) is 18.5. The highest BCUT2D eigenvalue weighted by Crippen LogP contribution is 2.30. The summed E-state index contributed by atoms with van der Waals surface area (Å²) >= 11 is 0. The van der Waals surface area contributed by atoms with Crippen LogP contribution in [0.5, 0.6) is 0 Å². The Hall–Kier alpha value is -2.40. The molecule has 1 aliphatic rings. The number of anilines is 1. The third kappa shape index (κ3) is 4.78. The largest absolute Gasteiger partial charge is 0.356 e. The van der Waals surface area contributed by atoms with Crippen LogP contribution in [-0.4, -0.2) is 33.6 Å². The Kier molecular flexibility index (Phi) is 6.27. The molecule has 0 atom stereocenters. The summed E-state index contributed by atoms with van der Waals surface area (Å²) < 4.78 is 0. The van der Waals surface area contributed by atoms with Gasteiger partial charge in [-0.05, 0) is 41.9 Å². The van der Waals surface area contributed by atoms with E-state index in [1.807, 2.05) is 26.1 Å². The molecule has 0 spiro atoms. The lowest BCUT2D eigenvalue weighted by atomic mass is 9.81. The molecule has 5 nitrogen and oxygen atoms in total. The molecule has 2 aromatic heterocycles.